The first-order valence-electron chi connectivity index (χ1n) is 2.49. The molecule has 0 spiro atoms. The number of rotatable bonds is 0. The Hall–Kier alpha value is -0.260. The van der Waals surface area contributed by atoms with Gasteiger partial charge in [0.05, 0.1) is 0 Å². The van der Waals surface area contributed by atoms with E-state index < -0.39 is 0 Å². The van der Waals surface area contributed by atoms with E-state index in [0.717, 1.165) is 0 Å². The summed E-state index contributed by atoms with van der Waals surface area (Å²) in [6.45, 7) is 6.36. The fraction of sp³-hybridized carbons (Fsp3) is 0.400. The summed E-state index contributed by atoms with van der Waals surface area (Å²) in [4.78, 5) is 0. The molecule has 7 heavy (non-hydrogen) atoms. The first-order valence-corrected chi connectivity index (χ1v) is 2.49. The van der Waals surface area contributed by atoms with Crippen LogP contribution in [-0.4, -0.2) is 20.1 Å². The zero-order valence-corrected chi connectivity index (χ0v) is 4.73. The molecule has 1 heterocycles. The van der Waals surface area contributed by atoms with E-state index in [1.807, 2.05) is 0 Å². The van der Waals surface area contributed by atoms with E-state index >= 15 is 0 Å². The van der Waals surface area contributed by atoms with Crippen molar-refractivity contribution in [1.82, 2.24) is 0 Å². The molecular weight excluding hydrogens is 81.7 g/mol. The molecule has 0 N–H and O–H groups in total. The summed E-state index contributed by atoms with van der Waals surface area (Å²) >= 11 is 0. The van der Waals surface area contributed by atoms with Gasteiger partial charge in [0, 0.05) is 0 Å². The van der Waals surface area contributed by atoms with Gasteiger partial charge < -0.3 is 0 Å². The third kappa shape index (κ3) is 0.846. The summed E-state index contributed by atoms with van der Waals surface area (Å²) < 4.78 is 0. The Morgan fingerprint density at radius 1 is 1.29 bits per heavy atom. The van der Waals surface area contributed by atoms with Crippen LogP contribution in [0.25, 0.3) is 0 Å². The average Bonchev–Trinajstić information content (AvgIpc) is 1.91. The van der Waals surface area contributed by atoms with Crippen LogP contribution in [0.1, 0.15) is 13.8 Å². The Balaban J connectivity index is 2.79. The van der Waals surface area contributed by atoms with Crippen molar-refractivity contribution in [3.05, 3.63) is 10.9 Å². The molecule has 0 atom stereocenters. The summed E-state index contributed by atoms with van der Waals surface area (Å²) in [5, 5.41) is 0. The second-order valence-electron chi connectivity index (χ2n) is 1.89. The minimum atomic E-state index is 1.39. The van der Waals surface area contributed by atoms with Crippen molar-refractivity contribution in [3.63, 3.8) is 0 Å². The molecule has 0 bridgehead atoms. The third-order valence-corrected chi connectivity index (χ3v) is 1.31. The molecule has 0 unspecified atom stereocenters. The Kier molecular flexibility index (Phi) is 1.18. The van der Waals surface area contributed by atoms with Crippen molar-refractivity contribution in [3.8, 4) is 0 Å². The van der Waals surface area contributed by atoms with Crippen LogP contribution in [0.3, 0.4) is 0 Å². The Morgan fingerprint density at radius 3 is 2.14 bits per heavy atom. The Labute approximate surface area is 45.8 Å². The molecule has 0 amide bonds. The first-order chi connectivity index (χ1) is 3.30. The predicted octanol–water partition coefficient (Wildman–Crippen LogP) is 0.419. The Bertz CT molecular complexity index is 133. The molecule has 1 rings (SSSR count). The standard InChI is InChI=1S/C5H7B2/c1-4-5(2)7-3-6-4/h3H,1-2H3. The molecule has 0 aromatic carbocycles. The van der Waals surface area contributed by atoms with Gasteiger partial charge in [0.15, 0.2) is 0 Å². The van der Waals surface area contributed by atoms with Crippen LogP contribution in [0.15, 0.2) is 10.9 Å². The maximum absolute atomic E-state index is 2.12. The van der Waals surface area contributed by atoms with Crippen LogP contribution in [0, 0.1) is 0 Å². The van der Waals surface area contributed by atoms with Gasteiger partial charge in [0.25, 0.3) is 0 Å². The van der Waals surface area contributed by atoms with E-state index in [4.69, 9.17) is 0 Å². The zero-order valence-electron chi connectivity index (χ0n) is 4.73. The van der Waals surface area contributed by atoms with Crippen LogP contribution in [0.4, 0.5) is 0 Å². The van der Waals surface area contributed by atoms with E-state index in [9.17, 15) is 0 Å². The van der Waals surface area contributed by atoms with Crippen molar-refractivity contribution < 1.29 is 0 Å². The Morgan fingerprint density at radius 2 is 2.00 bits per heavy atom. The molecule has 0 aliphatic carbocycles. The second kappa shape index (κ2) is 1.69. The first kappa shape index (κ1) is 4.89. The van der Waals surface area contributed by atoms with Gasteiger partial charge >= 0.3 is 44.9 Å². The SMILES string of the molecule is CC1=C(C)B=C[B]1. The van der Waals surface area contributed by atoms with Crippen molar-refractivity contribution in [2.75, 3.05) is 0 Å². The number of allylic oxidation sites excluding steroid dienone is 2. The van der Waals surface area contributed by atoms with Crippen molar-refractivity contribution >= 4 is 20.1 Å². The molecule has 0 saturated carbocycles. The minimum absolute atomic E-state index is 1.39. The van der Waals surface area contributed by atoms with Crippen LogP contribution in [0.5, 0.6) is 0 Å². The van der Waals surface area contributed by atoms with Crippen LogP contribution in [0.2, 0.25) is 0 Å². The molecule has 0 aromatic heterocycles. The number of hydrogen-bond acceptors (Lipinski definition) is 0. The van der Waals surface area contributed by atoms with Gasteiger partial charge in [-0.25, -0.2) is 0 Å². The van der Waals surface area contributed by atoms with Crippen LogP contribution >= 0.6 is 0 Å². The van der Waals surface area contributed by atoms with Crippen LogP contribution < -0.4 is 0 Å². The van der Waals surface area contributed by atoms with Crippen LogP contribution in [-0.2, 0) is 0 Å². The van der Waals surface area contributed by atoms with Crippen molar-refractivity contribution in [2.45, 2.75) is 13.8 Å². The van der Waals surface area contributed by atoms with E-state index in [1.165, 1.54) is 10.9 Å². The molecule has 1 aliphatic rings. The molecular formula is C5H7B2. The summed E-state index contributed by atoms with van der Waals surface area (Å²) in [6.07, 6.45) is 0. The normalized spacial score (nSPS) is 16.9. The van der Waals surface area contributed by atoms with E-state index in [1.54, 1.807) is 0 Å². The molecule has 0 nitrogen and oxygen atoms in total. The maximum atomic E-state index is 2.12. The van der Waals surface area contributed by atoms with E-state index in [2.05, 4.69) is 33.9 Å². The van der Waals surface area contributed by atoms with Gasteiger partial charge in [-0.05, 0) is 0 Å². The molecule has 0 aromatic rings. The van der Waals surface area contributed by atoms with E-state index in [-0.39, 0.29) is 0 Å². The summed E-state index contributed by atoms with van der Waals surface area (Å²) in [5.74, 6) is 2.07. The molecule has 1 radical (unpaired) electrons. The van der Waals surface area contributed by atoms with Gasteiger partial charge in [-0.2, -0.15) is 0 Å². The van der Waals surface area contributed by atoms with Gasteiger partial charge in [-0.3, -0.25) is 0 Å². The molecule has 0 saturated heterocycles. The summed E-state index contributed by atoms with van der Waals surface area (Å²) in [6, 6.07) is 0. The quantitative estimate of drug-likeness (QED) is 0.377. The van der Waals surface area contributed by atoms with Gasteiger partial charge in [0.1, 0.15) is 0 Å². The summed E-state index contributed by atoms with van der Waals surface area (Å²) in [7, 11) is 2.12. The third-order valence-electron chi connectivity index (χ3n) is 1.31. The second-order valence-corrected chi connectivity index (χ2v) is 1.89. The molecule has 2 heteroatoms. The summed E-state index contributed by atoms with van der Waals surface area (Å²) in [5.41, 5.74) is 2.78. The molecule has 1 aliphatic heterocycles. The zero-order chi connectivity index (χ0) is 5.28. The fourth-order valence-corrected chi connectivity index (χ4v) is 0.600. The monoisotopic (exact) mass is 89.1 g/mol. The predicted molar refractivity (Wildman–Crippen MR) is 35.9 cm³/mol. The van der Waals surface area contributed by atoms with Crippen molar-refractivity contribution in [2.24, 2.45) is 0 Å². The number of hydrogen-bond donors (Lipinski definition) is 0. The topological polar surface area (TPSA) is 0 Å². The molecule has 33 valence electrons. The molecule has 0 fully saturated rings. The van der Waals surface area contributed by atoms with Gasteiger partial charge in [0.2, 0.25) is 0 Å². The van der Waals surface area contributed by atoms with Gasteiger partial charge in [-0.15, -0.1) is 0 Å². The van der Waals surface area contributed by atoms with Gasteiger partial charge in [-0.1, -0.05) is 0 Å². The van der Waals surface area contributed by atoms with E-state index in [0.29, 0.717) is 0 Å². The fourth-order valence-electron chi connectivity index (χ4n) is 0.600. The average molecular weight is 88.7 g/mol. The van der Waals surface area contributed by atoms with Crippen molar-refractivity contribution in [1.29, 1.82) is 0 Å².